The van der Waals surface area contributed by atoms with Crippen LogP contribution in [0.3, 0.4) is 0 Å². The minimum atomic E-state index is -1.77. The predicted octanol–water partition coefficient (Wildman–Crippen LogP) is 0.328. The first-order valence-corrected chi connectivity index (χ1v) is 9.91. The smallest absolute Gasteiger partial charge is 0.319 e. The Morgan fingerprint density at radius 1 is 1.13 bits per heavy atom. The Morgan fingerprint density at radius 2 is 1.77 bits per heavy atom. The molecule has 3 heterocycles. The number of amides is 1. The van der Waals surface area contributed by atoms with Gasteiger partial charge in [0.1, 0.15) is 23.0 Å². The molecule has 3 aliphatic heterocycles. The van der Waals surface area contributed by atoms with Crippen molar-refractivity contribution in [2.24, 2.45) is 16.2 Å². The molecule has 0 aromatic heterocycles. The highest BCUT2D eigenvalue weighted by molar-refractivity contribution is 6.05. The van der Waals surface area contributed by atoms with E-state index in [0.717, 1.165) is 0 Å². The van der Waals surface area contributed by atoms with Crippen LogP contribution >= 0.6 is 0 Å². The Bertz CT molecular complexity index is 986. The molecule has 0 bridgehead atoms. The number of nitrogens with two attached hydrogens (primary N) is 1. The summed E-state index contributed by atoms with van der Waals surface area (Å²) in [6.45, 7) is 5.30. The van der Waals surface area contributed by atoms with Crippen LogP contribution in [0.5, 0.6) is 0 Å². The Morgan fingerprint density at radius 3 is 2.37 bits per heavy atom. The molecule has 6 atom stereocenters. The zero-order valence-electron chi connectivity index (χ0n) is 16.9. The summed E-state index contributed by atoms with van der Waals surface area (Å²) in [6.07, 6.45) is -4.48. The standard InChI is InChI=1S/C21H24N2O7/c1-18(2,3)20(28)8-12-19(9-13(24)29-12)17(27)30-16-21(19,20)14(25)15(26)23(16)11-6-4-10(22)5-7-11/h4-7,12,14,16,25,28H,8-9,22H2,1-3H3/t12-,14-,16-,19-,20+,21+/m0/s1. The number of ether oxygens (including phenoxy) is 2. The van der Waals surface area contributed by atoms with Crippen molar-refractivity contribution in [3.63, 3.8) is 0 Å². The number of nitrogens with zero attached hydrogens (tertiary/aromatic N) is 1. The van der Waals surface area contributed by atoms with Gasteiger partial charge in [-0.05, 0) is 29.7 Å². The Labute approximate surface area is 172 Å². The molecule has 3 saturated heterocycles. The first kappa shape index (κ1) is 19.3. The quantitative estimate of drug-likeness (QED) is 0.440. The lowest BCUT2D eigenvalue weighted by Gasteiger charge is -2.51. The Balaban J connectivity index is 1.79. The molecule has 4 fully saturated rings. The number of hydrogen-bond acceptors (Lipinski definition) is 8. The average molecular weight is 416 g/mol. The molecule has 1 saturated carbocycles. The molecule has 1 amide bonds. The van der Waals surface area contributed by atoms with Crippen LogP contribution in [-0.2, 0) is 23.9 Å². The number of nitrogen functional groups attached to an aromatic ring is 1. The zero-order valence-corrected chi connectivity index (χ0v) is 16.9. The molecule has 2 spiro atoms. The first-order chi connectivity index (χ1) is 13.9. The summed E-state index contributed by atoms with van der Waals surface area (Å²) >= 11 is 0. The molecule has 1 aromatic rings. The van der Waals surface area contributed by atoms with E-state index < -0.39 is 58.1 Å². The number of rotatable bonds is 1. The fourth-order valence-corrected chi connectivity index (χ4v) is 6.30. The number of aliphatic hydroxyl groups excluding tert-OH is 1. The van der Waals surface area contributed by atoms with Gasteiger partial charge in [-0.3, -0.25) is 19.3 Å². The van der Waals surface area contributed by atoms with E-state index in [0.29, 0.717) is 11.4 Å². The molecule has 4 aliphatic rings. The Kier molecular flexibility index (Phi) is 3.43. The third-order valence-electron chi connectivity index (χ3n) is 7.67. The van der Waals surface area contributed by atoms with E-state index in [4.69, 9.17) is 15.2 Å². The topological polar surface area (TPSA) is 139 Å². The predicted molar refractivity (Wildman–Crippen MR) is 103 cm³/mol. The molecule has 1 aromatic carbocycles. The highest BCUT2D eigenvalue weighted by Crippen LogP contribution is 2.76. The normalized spacial score (nSPS) is 42.1. The maximum absolute atomic E-state index is 13.3. The highest BCUT2D eigenvalue weighted by Gasteiger charge is 2.92. The van der Waals surface area contributed by atoms with Crippen LogP contribution in [0.1, 0.15) is 33.6 Å². The van der Waals surface area contributed by atoms with E-state index in [9.17, 15) is 24.6 Å². The second-order valence-electron chi connectivity index (χ2n) is 9.77. The van der Waals surface area contributed by atoms with Crippen LogP contribution < -0.4 is 10.6 Å². The third-order valence-corrected chi connectivity index (χ3v) is 7.67. The minimum absolute atomic E-state index is 0.0756. The van der Waals surface area contributed by atoms with Gasteiger partial charge in [0.05, 0.1) is 12.0 Å². The van der Waals surface area contributed by atoms with Crippen molar-refractivity contribution in [1.29, 1.82) is 0 Å². The lowest BCUT2D eigenvalue weighted by atomic mass is 9.52. The van der Waals surface area contributed by atoms with Crippen LogP contribution in [-0.4, -0.2) is 52.1 Å². The number of aliphatic hydroxyl groups is 2. The third kappa shape index (κ3) is 1.76. The number of anilines is 2. The lowest BCUT2D eigenvalue weighted by Crippen LogP contribution is -2.65. The van der Waals surface area contributed by atoms with Gasteiger partial charge in [-0.2, -0.15) is 0 Å². The highest BCUT2D eigenvalue weighted by atomic mass is 16.6. The van der Waals surface area contributed by atoms with Crippen molar-refractivity contribution < 1.29 is 34.1 Å². The van der Waals surface area contributed by atoms with E-state index in [2.05, 4.69) is 0 Å². The number of benzene rings is 1. The van der Waals surface area contributed by atoms with Crippen LogP contribution in [0, 0.1) is 16.2 Å². The summed E-state index contributed by atoms with van der Waals surface area (Å²) < 4.78 is 11.1. The SMILES string of the molecule is CC(C)(C)[C@]1(O)C[C@@H]2OC(=O)C[C@@]23C(=O)O[C@@H]2N(c4ccc(N)cc4)C(=O)[C@H](O)[C@]213. The molecule has 160 valence electrons. The Hall–Kier alpha value is -2.65. The summed E-state index contributed by atoms with van der Waals surface area (Å²) in [7, 11) is 0. The lowest BCUT2D eigenvalue weighted by molar-refractivity contribution is -0.204. The van der Waals surface area contributed by atoms with Gasteiger partial charge in [0.25, 0.3) is 5.91 Å². The van der Waals surface area contributed by atoms with Crippen LogP contribution in [0.15, 0.2) is 24.3 Å². The van der Waals surface area contributed by atoms with Crippen LogP contribution in [0.2, 0.25) is 0 Å². The molecule has 0 radical (unpaired) electrons. The summed E-state index contributed by atoms with van der Waals surface area (Å²) in [5.74, 6) is -2.06. The van der Waals surface area contributed by atoms with Crippen molar-refractivity contribution in [2.75, 3.05) is 10.6 Å². The average Bonchev–Trinajstić information content (AvgIpc) is 3.24. The number of carbonyl (C=O) groups is 3. The van der Waals surface area contributed by atoms with Gasteiger partial charge in [-0.1, -0.05) is 20.8 Å². The van der Waals surface area contributed by atoms with Gasteiger partial charge in [0.2, 0.25) is 0 Å². The summed E-state index contributed by atoms with van der Waals surface area (Å²) in [5.41, 5.74) is 0.565. The maximum Gasteiger partial charge on any atom is 0.319 e. The largest absolute Gasteiger partial charge is 0.461 e. The zero-order chi connectivity index (χ0) is 21.9. The van der Waals surface area contributed by atoms with Crippen molar-refractivity contribution in [2.45, 2.75) is 57.6 Å². The number of carbonyl (C=O) groups excluding carboxylic acids is 3. The monoisotopic (exact) mass is 416 g/mol. The van der Waals surface area contributed by atoms with E-state index in [1.54, 1.807) is 45.0 Å². The molecular weight excluding hydrogens is 392 g/mol. The van der Waals surface area contributed by atoms with Gasteiger partial charge < -0.3 is 25.4 Å². The van der Waals surface area contributed by atoms with E-state index in [1.165, 1.54) is 4.90 Å². The molecule has 4 N–H and O–H groups in total. The van der Waals surface area contributed by atoms with Crippen molar-refractivity contribution in [3.8, 4) is 0 Å². The van der Waals surface area contributed by atoms with Gasteiger partial charge in [0.15, 0.2) is 6.23 Å². The molecule has 30 heavy (non-hydrogen) atoms. The second-order valence-corrected chi connectivity index (χ2v) is 9.77. The van der Waals surface area contributed by atoms with E-state index in [-0.39, 0.29) is 12.8 Å². The summed E-state index contributed by atoms with van der Waals surface area (Å²) in [6, 6.07) is 6.33. The fourth-order valence-electron chi connectivity index (χ4n) is 6.30. The number of esters is 2. The molecule has 1 aliphatic carbocycles. The van der Waals surface area contributed by atoms with Gasteiger partial charge in [0, 0.05) is 17.8 Å². The van der Waals surface area contributed by atoms with Crippen molar-refractivity contribution in [3.05, 3.63) is 24.3 Å². The van der Waals surface area contributed by atoms with E-state index >= 15 is 0 Å². The van der Waals surface area contributed by atoms with Crippen LogP contribution in [0.25, 0.3) is 0 Å². The van der Waals surface area contributed by atoms with Gasteiger partial charge in [-0.25, -0.2) is 0 Å². The second kappa shape index (κ2) is 5.33. The van der Waals surface area contributed by atoms with Gasteiger partial charge >= 0.3 is 11.9 Å². The summed E-state index contributed by atoms with van der Waals surface area (Å²) in [5, 5.41) is 23.5. The van der Waals surface area contributed by atoms with Gasteiger partial charge in [-0.15, -0.1) is 0 Å². The van der Waals surface area contributed by atoms with Crippen LogP contribution in [0.4, 0.5) is 11.4 Å². The number of hydrogen-bond donors (Lipinski definition) is 3. The maximum atomic E-state index is 13.3. The minimum Gasteiger partial charge on any atom is -0.461 e. The molecule has 5 rings (SSSR count). The molecule has 9 nitrogen and oxygen atoms in total. The first-order valence-electron chi connectivity index (χ1n) is 9.91. The van der Waals surface area contributed by atoms with E-state index in [1.807, 2.05) is 0 Å². The van der Waals surface area contributed by atoms with Crippen molar-refractivity contribution in [1.82, 2.24) is 0 Å². The molecular formula is C21H24N2O7. The van der Waals surface area contributed by atoms with Crippen molar-refractivity contribution >= 4 is 29.2 Å². The summed E-state index contributed by atoms with van der Waals surface area (Å²) in [4.78, 5) is 40.1. The molecule has 9 heteroatoms. The molecule has 0 unspecified atom stereocenters. The fraction of sp³-hybridized carbons (Fsp3) is 0.571.